The van der Waals surface area contributed by atoms with E-state index in [1.54, 1.807) is 6.92 Å². The van der Waals surface area contributed by atoms with Crippen LogP contribution in [0.15, 0.2) is 24.3 Å². The van der Waals surface area contributed by atoms with Crippen LogP contribution in [-0.4, -0.2) is 40.0 Å². The Morgan fingerprint density at radius 2 is 2.19 bits per heavy atom. The van der Waals surface area contributed by atoms with E-state index in [2.05, 4.69) is 5.32 Å². The van der Waals surface area contributed by atoms with E-state index in [0.717, 1.165) is 0 Å². The van der Waals surface area contributed by atoms with Crippen LogP contribution >= 0.6 is 0 Å². The molecule has 1 heterocycles. The Morgan fingerprint density at radius 3 is 2.76 bits per heavy atom. The molecular weight excluding hydrogens is 278 g/mol. The Labute approximate surface area is 120 Å². The van der Waals surface area contributed by atoms with Gasteiger partial charge in [-0.1, -0.05) is 6.07 Å². The van der Waals surface area contributed by atoms with Crippen LogP contribution in [-0.2, 0) is 4.79 Å². The van der Waals surface area contributed by atoms with Gasteiger partial charge in [-0.3, -0.25) is 14.9 Å². The number of carbonyl (C=O) groups excluding carboxylic acids is 1. The van der Waals surface area contributed by atoms with Gasteiger partial charge in [0.2, 0.25) is 0 Å². The molecule has 1 aliphatic heterocycles. The Morgan fingerprint density at radius 1 is 1.48 bits per heavy atom. The number of carboxylic acids is 1. The third-order valence-corrected chi connectivity index (χ3v) is 3.59. The van der Waals surface area contributed by atoms with Gasteiger partial charge >= 0.3 is 12.0 Å². The molecule has 8 heteroatoms. The number of nitrogens with zero attached hydrogens (tertiary/aromatic N) is 2. The van der Waals surface area contributed by atoms with E-state index in [1.807, 2.05) is 0 Å². The smallest absolute Gasteiger partial charge is 0.321 e. The van der Waals surface area contributed by atoms with Crippen molar-refractivity contribution in [1.29, 1.82) is 0 Å². The second kappa shape index (κ2) is 5.39. The topological polar surface area (TPSA) is 113 Å². The number of likely N-dealkylation sites (tertiary alicyclic amines) is 1. The predicted octanol–water partition coefficient (Wildman–Crippen LogP) is 1.92. The normalized spacial score (nSPS) is 21.1. The molecule has 21 heavy (non-hydrogen) atoms. The first-order chi connectivity index (χ1) is 9.82. The summed E-state index contributed by atoms with van der Waals surface area (Å²) in [4.78, 5) is 34.7. The number of nitro benzene ring substituents is 1. The molecule has 1 aliphatic rings. The van der Waals surface area contributed by atoms with Crippen LogP contribution in [0.4, 0.5) is 16.2 Å². The van der Waals surface area contributed by atoms with Crippen molar-refractivity contribution in [3.63, 3.8) is 0 Å². The molecule has 112 valence electrons. The van der Waals surface area contributed by atoms with Gasteiger partial charge < -0.3 is 15.3 Å². The average Bonchev–Trinajstić information content (AvgIpc) is 2.83. The number of anilines is 1. The highest BCUT2D eigenvalue weighted by Crippen LogP contribution is 2.30. The molecule has 1 aromatic carbocycles. The van der Waals surface area contributed by atoms with Crippen LogP contribution in [0, 0.1) is 15.5 Å². The summed E-state index contributed by atoms with van der Waals surface area (Å²) in [6.45, 7) is 2.04. The van der Waals surface area contributed by atoms with Crippen LogP contribution in [0.5, 0.6) is 0 Å². The number of nitro groups is 1. The molecule has 0 aromatic heterocycles. The summed E-state index contributed by atoms with van der Waals surface area (Å²) >= 11 is 0. The van der Waals surface area contributed by atoms with Crippen molar-refractivity contribution in [3.05, 3.63) is 34.4 Å². The summed E-state index contributed by atoms with van der Waals surface area (Å²) in [5.74, 6) is -0.937. The molecule has 1 fully saturated rings. The quantitative estimate of drug-likeness (QED) is 0.653. The fraction of sp³-hybridized carbons (Fsp3) is 0.385. The van der Waals surface area contributed by atoms with Crippen molar-refractivity contribution < 1.29 is 19.6 Å². The molecule has 0 bridgehead atoms. The monoisotopic (exact) mass is 293 g/mol. The third kappa shape index (κ3) is 3.10. The predicted molar refractivity (Wildman–Crippen MR) is 74.0 cm³/mol. The van der Waals surface area contributed by atoms with Crippen molar-refractivity contribution in [2.75, 3.05) is 18.4 Å². The van der Waals surface area contributed by atoms with E-state index in [-0.39, 0.29) is 12.2 Å². The van der Waals surface area contributed by atoms with Crippen molar-refractivity contribution >= 4 is 23.4 Å². The summed E-state index contributed by atoms with van der Waals surface area (Å²) in [5.41, 5.74) is -0.761. The molecule has 2 rings (SSSR count). The number of urea groups is 1. The number of rotatable bonds is 3. The first-order valence-electron chi connectivity index (χ1n) is 6.36. The summed E-state index contributed by atoms with van der Waals surface area (Å²) in [6.07, 6.45) is 0.380. The molecule has 1 atom stereocenters. The van der Waals surface area contributed by atoms with Gasteiger partial charge in [0, 0.05) is 30.9 Å². The third-order valence-electron chi connectivity index (χ3n) is 3.59. The molecule has 0 spiro atoms. The molecule has 2 N–H and O–H groups in total. The van der Waals surface area contributed by atoms with Crippen LogP contribution in [0.25, 0.3) is 0 Å². The lowest BCUT2D eigenvalue weighted by atomic mass is 9.90. The zero-order valence-corrected chi connectivity index (χ0v) is 11.4. The van der Waals surface area contributed by atoms with Crippen LogP contribution in [0.1, 0.15) is 13.3 Å². The lowest BCUT2D eigenvalue weighted by molar-refractivity contribution is -0.384. The number of non-ortho nitro benzene ring substituents is 1. The van der Waals surface area contributed by atoms with Gasteiger partial charge in [-0.15, -0.1) is 0 Å². The lowest BCUT2D eigenvalue weighted by Gasteiger charge is -2.20. The summed E-state index contributed by atoms with van der Waals surface area (Å²) in [6, 6.07) is 5.13. The van der Waals surface area contributed by atoms with Gasteiger partial charge in [0.05, 0.1) is 10.3 Å². The number of benzene rings is 1. The van der Waals surface area contributed by atoms with Gasteiger partial charge in [-0.2, -0.15) is 0 Å². The Bertz CT molecular complexity index is 603. The van der Waals surface area contributed by atoms with Crippen LogP contribution in [0.2, 0.25) is 0 Å². The molecule has 0 aliphatic carbocycles. The highest BCUT2D eigenvalue weighted by Gasteiger charge is 2.42. The van der Waals surface area contributed by atoms with Crippen molar-refractivity contribution in [2.24, 2.45) is 5.41 Å². The van der Waals surface area contributed by atoms with Gasteiger partial charge in [0.1, 0.15) is 0 Å². The Kier molecular flexibility index (Phi) is 3.79. The number of carboxylic acid groups (broad SMARTS) is 1. The fourth-order valence-electron chi connectivity index (χ4n) is 2.21. The number of hydrogen-bond donors (Lipinski definition) is 2. The highest BCUT2D eigenvalue weighted by atomic mass is 16.6. The summed E-state index contributed by atoms with van der Waals surface area (Å²) in [7, 11) is 0. The maximum Gasteiger partial charge on any atom is 0.321 e. The second-order valence-electron chi connectivity index (χ2n) is 5.27. The van der Waals surface area contributed by atoms with Gasteiger partial charge in [0.15, 0.2) is 0 Å². The van der Waals surface area contributed by atoms with Gasteiger partial charge in [-0.25, -0.2) is 4.79 Å². The zero-order valence-electron chi connectivity index (χ0n) is 11.4. The Hall–Kier alpha value is -2.64. The van der Waals surface area contributed by atoms with Crippen LogP contribution in [0.3, 0.4) is 0 Å². The average molecular weight is 293 g/mol. The first kappa shape index (κ1) is 14.8. The first-order valence-corrected chi connectivity index (χ1v) is 6.36. The van der Waals surface area contributed by atoms with Crippen molar-refractivity contribution in [3.8, 4) is 0 Å². The van der Waals surface area contributed by atoms with Crippen molar-refractivity contribution in [1.82, 2.24) is 4.90 Å². The maximum atomic E-state index is 12.1. The maximum absolute atomic E-state index is 12.1. The SMILES string of the molecule is CC1(C(=O)O)CCN(C(=O)Nc2cccc([N+](=O)[O-])c2)C1. The minimum Gasteiger partial charge on any atom is -0.481 e. The molecule has 8 nitrogen and oxygen atoms in total. The molecular formula is C13H15N3O5. The molecule has 1 aromatic rings. The minimum absolute atomic E-state index is 0.114. The molecule has 0 saturated carbocycles. The molecule has 2 amide bonds. The van der Waals surface area contributed by atoms with E-state index >= 15 is 0 Å². The lowest BCUT2D eigenvalue weighted by Crippen LogP contribution is -2.37. The highest BCUT2D eigenvalue weighted by molar-refractivity contribution is 5.90. The number of nitrogens with one attached hydrogen (secondary N) is 1. The fourth-order valence-corrected chi connectivity index (χ4v) is 2.21. The van der Waals surface area contributed by atoms with Crippen LogP contribution < -0.4 is 5.32 Å². The molecule has 1 unspecified atom stereocenters. The molecule has 0 radical (unpaired) electrons. The van der Waals surface area contributed by atoms with E-state index < -0.39 is 22.3 Å². The summed E-state index contributed by atoms with van der Waals surface area (Å²) < 4.78 is 0. The number of amides is 2. The Balaban J connectivity index is 2.04. The van der Waals surface area contributed by atoms with E-state index in [9.17, 15) is 19.7 Å². The van der Waals surface area contributed by atoms with E-state index in [4.69, 9.17) is 5.11 Å². The number of aliphatic carboxylic acids is 1. The van der Waals surface area contributed by atoms with E-state index in [1.165, 1.54) is 29.2 Å². The summed E-state index contributed by atoms with van der Waals surface area (Å²) in [5, 5.41) is 22.3. The second-order valence-corrected chi connectivity index (χ2v) is 5.27. The van der Waals surface area contributed by atoms with Gasteiger partial charge in [0.25, 0.3) is 5.69 Å². The number of hydrogen-bond acceptors (Lipinski definition) is 4. The zero-order chi connectivity index (χ0) is 15.6. The number of carbonyl (C=O) groups is 2. The largest absolute Gasteiger partial charge is 0.481 e. The standard InChI is InChI=1S/C13H15N3O5/c1-13(11(17)18)5-6-15(8-13)12(19)14-9-3-2-4-10(7-9)16(20)21/h2-4,7H,5-6,8H2,1H3,(H,14,19)(H,17,18). The van der Waals surface area contributed by atoms with Gasteiger partial charge in [-0.05, 0) is 19.4 Å². The molecule has 1 saturated heterocycles. The minimum atomic E-state index is -0.944. The van der Waals surface area contributed by atoms with E-state index in [0.29, 0.717) is 18.7 Å². The van der Waals surface area contributed by atoms with Crippen molar-refractivity contribution in [2.45, 2.75) is 13.3 Å².